The van der Waals surface area contributed by atoms with Gasteiger partial charge in [0.25, 0.3) is 0 Å². The van der Waals surface area contributed by atoms with Gasteiger partial charge in [-0.3, -0.25) is 0 Å². The SMILES string of the molecule is CNc1nc(-c2ccc(S(=O)(=O)N(CC(C)C)CC(O)C(N)Cc3ccccc3)cc2)cs1. The van der Waals surface area contributed by atoms with Gasteiger partial charge in [-0.15, -0.1) is 11.3 Å². The van der Waals surface area contributed by atoms with E-state index in [-0.39, 0.29) is 23.9 Å². The number of nitrogens with one attached hydrogen (secondary N) is 1. The molecule has 0 bridgehead atoms. The number of aliphatic hydroxyl groups is 1. The zero-order valence-electron chi connectivity index (χ0n) is 19.2. The Bertz CT molecular complexity index is 1120. The number of rotatable bonds is 11. The zero-order valence-corrected chi connectivity index (χ0v) is 20.8. The van der Waals surface area contributed by atoms with Crippen molar-refractivity contribution < 1.29 is 13.5 Å². The van der Waals surface area contributed by atoms with Gasteiger partial charge >= 0.3 is 0 Å². The van der Waals surface area contributed by atoms with Crippen molar-refractivity contribution >= 4 is 26.5 Å². The molecule has 0 aliphatic heterocycles. The molecule has 0 aliphatic rings. The maximum Gasteiger partial charge on any atom is 0.243 e. The van der Waals surface area contributed by atoms with Crippen molar-refractivity contribution in [1.82, 2.24) is 9.29 Å². The van der Waals surface area contributed by atoms with E-state index in [4.69, 9.17) is 5.73 Å². The molecule has 178 valence electrons. The number of anilines is 1. The van der Waals surface area contributed by atoms with E-state index in [9.17, 15) is 13.5 Å². The fourth-order valence-electron chi connectivity index (χ4n) is 3.51. The van der Waals surface area contributed by atoms with E-state index in [1.807, 2.05) is 56.6 Å². The first-order valence-electron chi connectivity index (χ1n) is 10.9. The van der Waals surface area contributed by atoms with Crippen LogP contribution in [0.15, 0.2) is 64.9 Å². The Hall–Kier alpha value is -2.30. The maximum absolute atomic E-state index is 13.4. The second-order valence-electron chi connectivity index (χ2n) is 8.45. The fourth-order valence-corrected chi connectivity index (χ4v) is 5.81. The Kier molecular flexibility index (Phi) is 8.61. The molecule has 2 unspecified atom stereocenters. The number of hydrogen-bond acceptors (Lipinski definition) is 7. The monoisotopic (exact) mass is 488 g/mol. The molecule has 1 aromatic heterocycles. The number of nitrogens with two attached hydrogens (primary N) is 1. The van der Waals surface area contributed by atoms with Gasteiger partial charge in [-0.25, -0.2) is 13.4 Å². The van der Waals surface area contributed by atoms with Crippen LogP contribution in [0.4, 0.5) is 5.13 Å². The van der Waals surface area contributed by atoms with E-state index >= 15 is 0 Å². The van der Waals surface area contributed by atoms with Gasteiger partial charge in [-0.2, -0.15) is 4.31 Å². The third-order valence-electron chi connectivity index (χ3n) is 5.27. The van der Waals surface area contributed by atoms with Gasteiger partial charge < -0.3 is 16.2 Å². The molecule has 2 aromatic carbocycles. The van der Waals surface area contributed by atoms with E-state index in [0.717, 1.165) is 22.0 Å². The van der Waals surface area contributed by atoms with Crippen molar-refractivity contribution in [3.8, 4) is 11.3 Å². The minimum Gasteiger partial charge on any atom is -0.390 e. The van der Waals surface area contributed by atoms with Crippen LogP contribution in [0.3, 0.4) is 0 Å². The van der Waals surface area contributed by atoms with Crippen LogP contribution in [-0.4, -0.2) is 55.1 Å². The molecule has 4 N–H and O–H groups in total. The molecule has 0 saturated carbocycles. The summed E-state index contributed by atoms with van der Waals surface area (Å²) in [5.41, 5.74) is 8.85. The van der Waals surface area contributed by atoms with Crippen molar-refractivity contribution in [3.63, 3.8) is 0 Å². The number of thiazole rings is 1. The van der Waals surface area contributed by atoms with Crippen LogP contribution in [0.5, 0.6) is 0 Å². The van der Waals surface area contributed by atoms with E-state index in [1.165, 1.54) is 15.6 Å². The lowest BCUT2D eigenvalue weighted by Gasteiger charge is -2.28. The fraction of sp³-hybridized carbons (Fsp3) is 0.375. The van der Waals surface area contributed by atoms with Crippen molar-refractivity contribution in [2.75, 3.05) is 25.5 Å². The van der Waals surface area contributed by atoms with E-state index in [1.54, 1.807) is 24.3 Å². The molecule has 1 heterocycles. The average molecular weight is 489 g/mol. The number of sulfonamides is 1. The average Bonchev–Trinajstić information content (AvgIpc) is 3.28. The van der Waals surface area contributed by atoms with Crippen molar-refractivity contribution in [2.45, 2.75) is 37.3 Å². The third-order valence-corrected chi connectivity index (χ3v) is 7.98. The molecule has 3 aromatic rings. The van der Waals surface area contributed by atoms with E-state index in [2.05, 4.69) is 10.3 Å². The Labute approximate surface area is 200 Å². The lowest BCUT2D eigenvalue weighted by atomic mass is 10.0. The molecule has 0 saturated heterocycles. The topological polar surface area (TPSA) is 109 Å². The summed E-state index contributed by atoms with van der Waals surface area (Å²) in [6, 6.07) is 15.8. The number of nitrogens with zero attached hydrogens (tertiary/aromatic N) is 2. The second-order valence-corrected chi connectivity index (χ2v) is 11.2. The van der Waals surface area contributed by atoms with Crippen LogP contribution >= 0.6 is 11.3 Å². The van der Waals surface area contributed by atoms with Gasteiger partial charge in [0.1, 0.15) is 0 Å². The molecule has 0 spiro atoms. The molecule has 0 aliphatic carbocycles. The van der Waals surface area contributed by atoms with Crippen molar-refractivity contribution in [2.24, 2.45) is 11.7 Å². The molecule has 0 amide bonds. The normalized spacial score (nSPS) is 13.9. The van der Waals surface area contributed by atoms with Crippen molar-refractivity contribution in [1.29, 1.82) is 0 Å². The summed E-state index contributed by atoms with van der Waals surface area (Å²) in [5.74, 6) is 0.0894. The zero-order chi connectivity index (χ0) is 24.0. The van der Waals surface area contributed by atoms with Crippen LogP contribution in [0.25, 0.3) is 11.3 Å². The predicted octanol–water partition coefficient (Wildman–Crippen LogP) is 3.43. The standard InChI is InChI=1S/C24H32N4O3S2/c1-17(2)14-28(15-23(29)21(25)13-18-7-5-4-6-8-18)33(30,31)20-11-9-19(10-12-20)22-16-32-24(26-3)27-22/h4-12,16-17,21,23,29H,13-15,25H2,1-3H3,(H,26,27). The summed E-state index contributed by atoms with van der Waals surface area (Å²) in [6.07, 6.45) is -0.526. The minimum atomic E-state index is -3.81. The Balaban J connectivity index is 1.77. The number of benzene rings is 2. The van der Waals surface area contributed by atoms with Gasteiger partial charge in [0.15, 0.2) is 5.13 Å². The smallest absolute Gasteiger partial charge is 0.243 e. The summed E-state index contributed by atoms with van der Waals surface area (Å²) in [6.45, 7) is 4.12. The molecule has 3 rings (SSSR count). The second kappa shape index (κ2) is 11.2. The number of hydrogen-bond donors (Lipinski definition) is 3. The molecule has 0 radical (unpaired) electrons. The largest absolute Gasteiger partial charge is 0.390 e. The quantitative estimate of drug-likeness (QED) is 0.382. The van der Waals surface area contributed by atoms with Gasteiger partial charge in [0, 0.05) is 37.1 Å². The predicted molar refractivity (Wildman–Crippen MR) is 135 cm³/mol. The van der Waals surface area contributed by atoms with Crippen LogP contribution < -0.4 is 11.1 Å². The van der Waals surface area contributed by atoms with Crippen LogP contribution in [0.2, 0.25) is 0 Å². The third kappa shape index (κ3) is 6.61. The van der Waals surface area contributed by atoms with Crippen LogP contribution in [0.1, 0.15) is 19.4 Å². The highest BCUT2D eigenvalue weighted by molar-refractivity contribution is 7.89. The summed E-state index contributed by atoms with van der Waals surface area (Å²) < 4.78 is 28.2. The highest BCUT2D eigenvalue weighted by Crippen LogP contribution is 2.27. The Morgan fingerprint density at radius 3 is 2.33 bits per heavy atom. The first kappa shape index (κ1) is 25.3. The van der Waals surface area contributed by atoms with E-state index < -0.39 is 22.2 Å². The highest BCUT2D eigenvalue weighted by Gasteiger charge is 2.29. The maximum atomic E-state index is 13.4. The number of aliphatic hydroxyl groups excluding tert-OH is 1. The summed E-state index contributed by atoms with van der Waals surface area (Å²) in [5, 5.41) is 16.5. The van der Waals surface area contributed by atoms with Crippen LogP contribution in [0, 0.1) is 5.92 Å². The minimum absolute atomic E-state index is 0.0616. The Morgan fingerprint density at radius 1 is 1.09 bits per heavy atom. The molecule has 0 fully saturated rings. The molecular formula is C24H32N4O3S2. The number of aromatic nitrogens is 1. The summed E-state index contributed by atoms with van der Waals surface area (Å²) >= 11 is 1.49. The summed E-state index contributed by atoms with van der Waals surface area (Å²) in [7, 11) is -2.00. The van der Waals surface area contributed by atoms with Gasteiger partial charge in [-0.1, -0.05) is 56.3 Å². The molecular weight excluding hydrogens is 456 g/mol. The lowest BCUT2D eigenvalue weighted by Crippen LogP contribution is -2.47. The molecule has 33 heavy (non-hydrogen) atoms. The molecule has 9 heteroatoms. The first-order valence-corrected chi connectivity index (χ1v) is 13.2. The van der Waals surface area contributed by atoms with Gasteiger partial charge in [-0.05, 0) is 30.0 Å². The lowest BCUT2D eigenvalue weighted by molar-refractivity contribution is 0.116. The van der Waals surface area contributed by atoms with E-state index in [0.29, 0.717) is 6.42 Å². The van der Waals surface area contributed by atoms with Crippen LogP contribution in [-0.2, 0) is 16.4 Å². The van der Waals surface area contributed by atoms with Gasteiger partial charge in [0.2, 0.25) is 10.0 Å². The highest BCUT2D eigenvalue weighted by atomic mass is 32.2. The van der Waals surface area contributed by atoms with Gasteiger partial charge in [0.05, 0.1) is 16.7 Å². The first-order chi connectivity index (χ1) is 15.7. The van der Waals surface area contributed by atoms with Crippen molar-refractivity contribution in [3.05, 3.63) is 65.5 Å². The Morgan fingerprint density at radius 2 is 1.76 bits per heavy atom. The molecule has 7 nitrogen and oxygen atoms in total. The summed E-state index contributed by atoms with van der Waals surface area (Å²) in [4.78, 5) is 4.64. The molecule has 2 atom stereocenters.